The van der Waals surface area contributed by atoms with Gasteiger partial charge in [0.1, 0.15) is 4.47 Å². The van der Waals surface area contributed by atoms with Crippen molar-refractivity contribution in [3.05, 3.63) is 21.0 Å². The molecular weight excluding hydrogens is 322 g/mol. The van der Waals surface area contributed by atoms with E-state index in [9.17, 15) is 4.79 Å². The molecule has 0 unspecified atom stereocenters. The number of aliphatic hydroxyl groups excluding tert-OH is 1. The molecule has 0 saturated heterocycles. The minimum atomic E-state index is -0.196. The van der Waals surface area contributed by atoms with Gasteiger partial charge >= 0.3 is 0 Å². The van der Waals surface area contributed by atoms with Gasteiger partial charge in [-0.15, -0.1) is 0 Å². The maximum atomic E-state index is 12.0. The van der Waals surface area contributed by atoms with Gasteiger partial charge in [0.05, 0.1) is 25.0 Å². The smallest absolute Gasteiger partial charge is 0.283 e. The molecule has 0 aromatic carbocycles. The Hall–Kier alpha value is -0.880. The molecule has 0 atom stereocenters. The van der Waals surface area contributed by atoms with Crippen LogP contribution in [0.4, 0.5) is 5.69 Å². The molecular formula is C14H20BrN3O2. The molecule has 1 aromatic heterocycles. The van der Waals surface area contributed by atoms with Crippen LogP contribution in [0.1, 0.15) is 25.7 Å². The molecule has 110 valence electrons. The number of nitrogens with one attached hydrogen (secondary N) is 1. The zero-order chi connectivity index (χ0) is 14.1. The highest BCUT2D eigenvalue weighted by Crippen LogP contribution is 2.49. The molecule has 6 heteroatoms. The van der Waals surface area contributed by atoms with Crippen LogP contribution < -0.4 is 10.9 Å². The van der Waals surface area contributed by atoms with Crippen LogP contribution in [0.3, 0.4) is 0 Å². The van der Waals surface area contributed by atoms with Crippen LogP contribution in [0.15, 0.2) is 15.5 Å². The van der Waals surface area contributed by atoms with Crippen LogP contribution in [0.5, 0.6) is 0 Å². The van der Waals surface area contributed by atoms with Gasteiger partial charge in [0.25, 0.3) is 5.56 Å². The number of aromatic nitrogens is 2. The zero-order valence-electron chi connectivity index (χ0n) is 11.4. The van der Waals surface area contributed by atoms with E-state index in [1.807, 2.05) is 0 Å². The summed E-state index contributed by atoms with van der Waals surface area (Å²) >= 11 is 3.34. The van der Waals surface area contributed by atoms with Crippen molar-refractivity contribution in [2.75, 3.05) is 18.5 Å². The first-order valence-corrected chi connectivity index (χ1v) is 8.10. The third kappa shape index (κ3) is 3.06. The summed E-state index contributed by atoms with van der Waals surface area (Å²) in [6, 6.07) is 0. The predicted molar refractivity (Wildman–Crippen MR) is 80.7 cm³/mol. The highest BCUT2D eigenvalue weighted by molar-refractivity contribution is 9.10. The Bertz CT molecular complexity index is 526. The summed E-state index contributed by atoms with van der Waals surface area (Å²) in [6.45, 7) is 1.07. The van der Waals surface area contributed by atoms with Gasteiger partial charge in [0.2, 0.25) is 0 Å². The van der Waals surface area contributed by atoms with Gasteiger partial charge in [-0.25, -0.2) is 4.68 Å². The van der Waals surface area contributed by atoms with E-state index in [4.69, 9.17) is 5.11 Å². The van der Waals surface area contributed by atoms with Crippen LogP contribution >= 0.6 is 15.9 Å². The summed E-state index contributed by atoms with van der Waals surface area (Å²) in [5, 5.41) is 16.3. The largest absolute Gasteiger partial charge is 0.394 e. The second kappa shape index (κ2) is 5.85. The summed E-state index contributed by atoms with van der Waals surface area (Å²) in [5.41, 5.74) is 0.564. The van der Waals surface area contributed by atoms with Gasteiger partial charge < -0.3 is 10.4 Å². The molecule has 1 aromatic rings. The number of hydrogen-bond acceptors (Lipinski definition) is 4. The zero-order valence-corrected chi connectivity index (χ0v) is 13.0. The first-order chi connectivity index (χ1) is 9.70. The second-order valence-electron chi connectivity index (χ2n) is 5.84. The summed E-state index contributed by atoms with van der Waals surface area (Å²) in [4.78, 5) is 12.0. The normalized spacial score (nSPS) is 18.6. The summed E-state index contributed by atoms with van der Waals surface area (Å²) in [7, 11) is 0. The van der Waals surface area contributed by atoms with Gasteiger partial charge in [-0.05, 0) is 59.4 Å². The maximum Gasteiger partial charge on any atom is 0.283 e. The van der Waals surface area contributed by atoms with E-state index < -0.39 is 0 Å². The fourth-order valence-electron chi connectivity index (χ4n) is 2.84. The van der Waals surface area contributed by atoms with Crippen molar-refractivity contribution in [3.63, 3.8) is 0 Å². The average molecular weight is 342 g/mol. The average Bonchev–Trinajstić information content (AvgIpc) is 3.30. The van der Waals surface area contributed by atoms with E-state index in [0.29, 0.717) is 4.47 Å². The standard InChI is InChI=1S/C14H20BrN3O2/c15-13-12(8-17-18(5-6-19)14(13)20)16-7-11(9-1-2-9)10-3-4-10/h8-11,16,19H,1-7H2. The van der Waals surface area contributed by atoms with Crippen molar-refractivity contribution in [2.24, 2.45) is 17.8 Å². The van der Waals surface area contributed by atoms with Gasteiger partial charge in [-0.3, -0.25) is 4.79 Å². The summed E-state index contributed by atoms with van der Waals surface area (Å²) < 4.78 is 1.78. The van der Waals surface area contributed by atoms with Crippen molar-refractivity contribution in [1.29, 1.82) is 0 Å². The Morgan fingerprint density at radius 1 is 1.40 bits per heavy atom. The quantitative estimate of drug-likeness (QED) is 0.794. The first kappa shape index (κ1) is 14.1. The van der Waals surface area contributed by atoms with Gasteiger partial charge in [-0.2, -0.15) is 5.10 Å². The Labute approximate surface area is 126 Å². The number of anilines is 1. The monoisotopic (exact) mass is 341 g/mol. The summed E-state index contributed by atoms with van der Waals surface area (Å²) in [5.74, 6) is 2.52. The lowest BCUT2D eigenvalue weighted by Gasteiger charge is -2.17. The minimum absolute atomic E-state index is 0.0858. The SMILES string of the molecule is O=c1c(Br)c(NCC(C2CC2)C2CC2)cnn1CCO. The van der Waals surface area contributed by atoms with E-state index >= 15 is 0 Å². The minimum Gasteiger partial charge on any atom is -0.394 e. The van der Waals surface area contributed by atoms with Crippen LogP contribution in [0.2, 0.25) is 0 Å². The number of aliphatic hydroxyl groups is 1. The lowest BCUT2D eigenvalue weighted by molar-refractivity contribution is 0.266. The number of nitrogens with zero attached hydrogens (tertiary/aromatic N) is 2. The Morgan fingerprint density at radius 2 is 2.05 bits per heavy atom. The molecule has 5 nitrogen and oxygen atoms in total. The maximum absolute atomic E-state index is 12.0. The molecule has 0 spiro atoms. The third-order valence-corrected chi connectivity index (χ3v) is 5.05. The van der Waals surface area contributed by atoms with Crippen molar-refractivity contribution >= 4 is 21.6 Å². The molecule has 1 heterocycles. The molecule has 3 rings (SSSR count). The topological polar surface area (TPSA) is 67.2 Å². The van der Waals surface area contributed by atoms with Gasteiger partial charge in [0, 0.05) is 6.54 Å². The Kier molecular flexibility index (Phi) is 4.12. The Balaban J connectivity index is 1.67. The van der Waals surface area contributed by atoms with Crippen molar-refractivity contribution in [2.45, 2.75) is 32.2 Å². The molecule has 0 amide bonds. The van der Waals surface area contributed by atoms with Crippen molar-refractivity contribution < 1.29 is 5.11 Å². The molecule has 20 heavy (non-hydrogen) atoms. The third-order valence-electron chi connectivity index (χ3n) is 4.28. The van der Waals surface area contributed by atoms with E-state index in [-0.39, 0.29) is 18.7 Å². The fraction of sp³-hybridized carbons (Fsp3) is 0.714. The van der Waals surface area contributed by atoms with Crippen LogP contribution in [0, 0.1) is 17.8 Å². The van der Waals surface area contributed by atoms with Crippen LogP contribution in [-0.4, -0.2) is 28.0 Å². The lowest BCUT2D eigenvalue weighted by atomic mass is 9.98. The molecule has 2 fully saturated rings. The highest BCUT2D eigenvalue weighted by Gasteiger charge is 2.41. The first-order valence-electron chi connectivity index (χ1n) is 7.31. The molecule has 2 saturated carbocycles. The summed E-state index contributed by atoms with van der Waals surface area (Å²) in [6.07, 6.45) is 7.11. The van der Waals surface area contributed by atoms with E-state index in [1.165, 1.54) is 30.4 Å². The second-order valence-corrected chi connectivity index (χ2v) is 6.64. The van der Waals surface area contributed by atoms with Crippen LogP contribution in [-0.2, 0) is 6.54 Å². The van der Waals surface area contributed by atoms with Crippen LogP contribution in [0.25, 0.3) is 0 Å². The van der Waals surface area contributed by atoms with E-state index in [0.717, 1.165) is 30.0 Å². The molecule has 0 bridgehead atoms. The molecule has 0 aliphatic heterocycles. The van der Waals surface area contributed by atoms with E-state index in [2.05, 4.69) is 26.3 Å². The van der Waals surface area contributed by atoms with E-state index in [1.54, 1.807) is 6.20 Å². The number of halogens is 1. The number of rotatable bonds is 7. The van der Waals surface area contributed by atoms with Gasteiger partial charge in [0.15, 0.2) is 0 Å². The molecule has 2 aliphatic carbocycles. The Morgan fingerprint density at radius 3 is 2.60 bits per heavy atom. The fourth-order valence-corrected chi connectivity index (χ4v) is 3.28. The number of hydrogen-bond donors (Lipinski definition) is 2. The molecule has 2 N–H and O–H groups in total. The lowest BCUT2D eigenvalue weighted by Crippen LogP contribution is -2.27. The van der Waals surface area contributed by atoms with Gasteiger partial charge in [-0.1, -0.05) is 0 Å². The molecule has 2 aliphatic rings. The highest BCUT2D eigenvalue weighted by atomic mass is 79.9. The van der Waals surface area contributed by atoms with Crippen molar-refractivity contribution in [3.8, 4) is 0 Å². The van der Waals surface area contributed by atoms with Crippen molar-refractivity contribution in [1.82, 2.24) is 9.78 Å². The predicted octanol–water partition coefficient (Wildman–Crippen LogP) is 1.85. The molecule has 0 radical (unpaired) electrons.